The number of rotatable bonds is 5. The number of benzene rings is 1. The van der Waals surface area contributed by atoms with E-state index in [2.05, 4.69) is 5.32 Å². The smallest absolute Gasteiger partial charge is 0.276 e. The minimum absolute atomic E-state index is 0.166. The number of hydrogen-bond acceptors (Lipinski definition) is 5. The Morgan fingerprint density at radius 1 is 1.48 bits per heavy atom. The molecule has 1 heterocycles. The van der Waals surface area contributed by atoms with Gasteiger partial charge in [-0.05, 0) is 45.3 Å². The van der Waals surface area contributed by atoms with Crippen LogP contribution in [0.2, 0.25) is 0 Å². The van der Waals surface area contributed by atoms with Crippen molar-refractivity contribution in [1.82, 2.24) is 9.62 Å². The third kappa shape index (κ3) is 3.67. The topological polar surface area (TPSA) is 92.6 Å². The summed E-state index contributed by atoms with van der Waals surface area (Å²) in [5.74, 6) is -0.713. The average molecular weight is 345 g/mol. The molecule has 1 atom stereocenters. The van der Waals surface area contributed by atoms with Crippen LogP contribution >= 0.6 is 0 Å². The van der Waals surface area contributed by atoms with E-state index in [0.717, 1.165) is 18.6 Å². The number of piperidine rings is 1. The summed E-state index contributed by atoms with van der Waals surface area (Å²) in [6.07, 6.45) is 1.62. The summed E-state index contributed by atoms with van der Waals surface area (Å²) >= 11 is 0. The van der Waals surface area contributed by atoms with Gasteiger partial charge in [-0.1, -0.05) is 0 Å². The fourth-order valence-electron chi connectivity index (χ4n) is 2.83. The Hall–Kier alpha value is -1.58. The lowest BCUT2D eigenvalue weighted by Crippen LogP contribution is -2.42. The monoisotopic (exact) mass is 345 g/mol. The van der Waals surface area contributed by atoms with Gasteiger partial charge in [0.05, 0.1) is 15.4 Å². The van der Waals surface area contributed by atoms with E-state index in [4.69, 9.17) is 0 Å². The van der Waals surface area contributed by atoms with E-state index in [0.29, 0.717) is 26.1 Å². The lowest BCUT2D eigenvalue weighted by atomic mass is 10.00. The number of nitrogens with zero attached hydrogens (tertiary/aromatic N) is 2. The summed E-state index contributed by atoms with van der Waals surface area (Å²) in [5, 5.41) is 14.0. The van der Waals surface area contributed by atoms with Crippen molar-refractivity contribution in [2.75, 3.05) is 26.7 Å². The summed E-state index contributed by atoms with van der Waals surface area (Å²) in [6, 6.07) is 1.80. The van der Waals surface area contributed by atoms with Gasteiger partial charge in [-0.2, -0.15) is 4.31 Å². The molecule has 1 aliphatic rings. The number of nitro groups is 1. The van der Waals surface area contributed by atoms with Gasteiger partial charge in [0.2, 0.25) is 10.0 Å². The molecule has 23 heavy (non-hydrogen) atoms. The van der Waals surface area contributed by atoms with Crippen LogP contribution in [0.25, 0.3) is 0 Å². The largest absolute Gasteiger partial charge is 0.319 e. The molecule has 1 N–H and O–H groups in total. The van der Waals surface area contributed by atoms with E-state index < -0.39 is 26.5 Å². The van der Waals surface area contributed by atoms with Crippen molar-refractivity contribution >= 4 is 15.7 Å². The molecular weight excluding hydrogens is 325 g/mol. The molecule has 1 aromatic rings. The highest BCUT2D eigenvalue weighted by Crippen LogP contribution is 2.29. The molecule has 1 aromatic carbocycles. The molecule has 0 aliphatic carbocycles. The van der Waals surface area contributed by atoms with Gasteiger partial charge in [-0.15, -0.1) is 0 Å². The summed E-state index contributed by atoms with van der Waals surface area (Å²) in [7, 11) is -2.15. The van der Waals surface area contributed by atoms with Crippen LogP contribution in [-0.4, -0.2) is 44.3 Å². The molecule has 2 rings (SSSR count). The maximum absolute atomic E-state index is 13.9. The summed E-state index contributed by atoms with van der Waals surface area (Å²) in [6.45, 7) is 2.61. The first kappa shape index (κ1) is 17.8. The third-order valence-electron chi connectivity index (χ3n) is 4.10. The Balaban J connectivity index is 2.38. The van der Waals surface area contributed by atoms with Crippen LogP contribution in [0.1, 0.15) is 18.4 Å². The van der Waals surface area contributed by atoms with Crippen LogP contribution in [0.4, 0.5) is 10.1 Å². The van der Waals surface area contributed by atoms with Gasteiger partial charge in [0, 0.05) is 19.2 Å². The highest BCUT2D eigenvalue weighted by atomic mass is 32.2. The fourth-order valence-corrected chi connectivity index (χ4v) is 4.42. The van der Waals surface area contributed by atoms with Crippen molar-refractivity contribution in [1.29, 1.82) is 0 Å². The second-order valence-electron chi connectivity index (χ2n) is 5.74. The predicted molar refractivity (Wildman–Crippen MR) is 83.2 cm³/mol. The summed E-state index contributed by atoms with van der Waals surface area (Å²) in [5.41, 5.74) is -0.687. The molecule has 0 bridgehead atoms. The van der Waals surface area contributed by atoms with Crippen LogP contribution in [0, 0.1) is 28.8 Å². The van der Waals surface area contributed by atoms with Gasteiger partial charge < -0.3 is 5.32 Å². The Morgan fingerprint density at radius 2 is 2.17 bits per heavy atom. The van der Waals surface area contributed by atoms with Crippen molar-refractivity contribution in [3.05, 3.63) is 33.6 Å². The van der Waals surface area contributed by atoms with Gasteiger partial charge in [0.1, 0.15) is 5.82 Å². The Bertz CT molecular complexity index is 706. The lowest BCUT2D eigenvalue weighted by molar-refractivity contribution is -0.385. The second kappa shape index (κ2) is 6.90. The molecule has 0 saturated carbocycles. The van der Waals surface area contributed by atoms with Crippen LogP contribution in [0.5, 0.6) is 0 Å². The number of nitro benzene ring substituents is 1. The summed E-state index contributed by atoms with van der Waals surface area (Å²) < 4.78 is 40.6. The highest BCUT2D eigenvalue weighted by molar-refractivity contribution is 7.89. The molecular formula is C14H20FN3O4S. The van der Waals surface area contributed by atoms with E-state index in [1.54, 1.807) is 7.05 Å². The van der Waals surface area contributed by atoms with E-state index in [1.807, 2.05) is 0 Å². The van der Waals surface area contributed by atoms with Gasteiger partial charge in [-0.25, -0.2) is 12.8 Å². The maximum atomic E-state index is 13.9. The zero-order chi connectivity index (χ0) is 17.2. The molecule has 1 saturated heterocycles. The zero-order valence-electron chi connectivity index (χ0n) is 13.1. The van der Waals surface area contributed by atoms with Gasteiger partial charge >= 0.3 is 0 Å². The molecule has 0 spiro atoms. The van der Waals surface area contributed by atoms with Crippen molar-refractivity contribution < 1.29 is 17.7 Å². The van der Waals surface area contributed by atoms with Gasteiger partial charge in [0.25, 0.3) is 5.69 Å². The van der Waals surface area contributed by atoms with Crippen molar-refractivity contribution in [2.24, 2.45) is 5.92 Å². The van der Waals surface area contributed by atoms with E-state index >= 15 is 0 Å². The van der Waals surface area contributed by atoms with Crippen LogP contribution < -0.4 is 5.32 Å². The molecule has 1 fully saturated rings. The van der Waals surface area contributed by atoms with Crippen molar-refractivity contribution in [3.63, 3.8) is 0 Å². The minimum atomic E-state index is -3.95. The fraction of sp³-hybridized carbons (Fsp3) is 0.571. The van der Waals surface area contributed by atoms with E-state index in [9.17, 15) is 22.9 Å². The number of hydrogen-bond donors (Lipinski definition) is 1. The molecule has 0 aromatic heterocycles. The Labute approximate surface area is 134 Å². The quantitative estimate of drug-likeness (QED) is 0.647. The van der Waals surface area contributed by atoms with E-state index in [-0.39, 0.29) is 16.4 Å². The van der Waals surface area contributed by atoms with Crippen LogP contribution in [-0.2, 0) is 10.0 Å². The standard InChI is InChI=1S/C14H20FN3O4S/c1-10-13(15)6-12(7-14(10)18(19)20)23(21,22)17-5-3-4-11(9-17)8-16-2/h6-7,11,16H,3-5,8-9H2,1-2H3. The van der Waals surface area contributed by atoms with Crippen molar-refractivity contribution in [2.45, 2.75) is 24.7 Å². The molecule has 128 valence electrons. The van der Waals surface area contributed by atoms with Crippen molar-refractivity contribution in [3.8, 4) is 0 Å². The number of nitrogens with one attached hydrogen (secondary N) is 1. The lowest BCUT2D eigenvalue weighted by Gasteiger charge is -2.31. The van der Waals surface area contributed by atoms with Crippen LogP contribution in [0.3, 0.4) is 0 Å². The highest BCUT2D eigenvalue weighted by Gasteiger charge is 2.32. The SMILES string of the molecule is CNCC1CCCN(S(=O)(=O)c2cc(F)c(C)c([N+](=O)[O-])c2)C1. The molecule has 9 heteroatoms. The molecule has 7 nitrogen and oxygen atoms in total. The van der Waals surface area contributed by atoms with E-state index in [1.165, 1.54) is 11.2 Å². The Morgan fingerprint density at radius 3 is 2.78 bits per heavy atom. The summed E-state index contributed by atoms with van der Waals surface area (Å²) in [4.78, 5) is 9.86. The first-order chi connectivity index (χ1) is 10.8. The van der Waals surface area contributed by atoms with Gasteiger partial charge in [-0.3, -0.25) is 10.1 Å². The molecule has 0 radical (unpaired) electrons. The maximum Gasteiger partial charge on any atom is 0.276 e. The normalized spacial score (nSPS) is 19.7. The first-order valence-corrected chi connectivity index (χ1v) is 8.80. The predicted octanol–water partition coefficient (Wildman–Crippen LogP) is 1.66. The Kier molecular flexibility index (Phi) is 5.33. The first-order valence-electron chi connectivity index (χ1n) is 7.36. The molecule has 1 unspecified atom stereocenters. The number of halogens is 1. The third-order valence-corrected chi connectivity index (χ3v) is 5.94. The number of sulfonamides is 1. The molecule has 0 amide bonds. The minimum Gasteiger partial charge on any atom is -0.319 e. The average Bonchev–Trinajstić information content (AvgIpc) is 2.50. The molecule has 1 aliphatic heterocycles. The van der Waals surface area contributed by atoms with Gasteiger partial charge in [0.15, 0.2) is 0 Å². The van der Waals surface area contributed by atoms with Crippen LogP contribution in [0.15, 0.2) is 17.0 Å². The second-order valence-corrected chi connectivity index (χ2v) is 7.67. The zero-order valence-corrected chi connectivity index (χ0v) is 13.9.